The van der Waals surface area contributed by atoms with Crippen LogP contribution in [0.25, 0.3) is 0 Å². The van der Waals surface area contributed by atoms with Gasteiger partial charge in [-0.25, -0.2) is 4.98 Å². The molecule has 0 radical (unpaired) electrons. The van der Waals surface area contributed by atoms with E-state index in [-0.39, 0.29) is 24.0 Å². The van der Waals surface area contributed by atoms with Crippen molar-refractivity contribution in [2.24, 2.45) is 10.9 Å². The molecule has 2 N–H and O–H groups in total. The summed E-state index contributed by atoms with van der Waals surface area (Å²) in [6.07, 6.45) is 9.69. The second-order valence-electron chi connectivity index (χ2n) is 6.25. The van der Waals surface area contributed by atoms with E-state index in [0.717, 1.165) is 29.9 Å². The van der Waals surface area contributed by atoms with E-state index in [1.165, 1.54) is 44.9 Å². The molecule has 1 heterocycles. The number of nitrogens with zero attached hydrogens (tertiary/aromatic N) is 2. The second kappa shape index (κ2) is 10.9. The maximum absolute atomic E-state index is 5.55. The summed E-state index contributed by atoms with van der Waals surface area (Å²) in [5, 5.41) is 6.60. The monoisotopic (exact) mass is 434 g/mol. The van der Waals surface area contributed by atoms with Gasteiger partial charge in [-0.05, 0) is 26.2 Å². The van der Waals surface area contributed by atoms with Crippen molar-refractivity contribution in [3.63, 3.8) is 0 Å². The Morgan fingerprint density at radius 3 is 2.57 bits per heavy atom. The van der Waals surface area contributed by atoms with E-state index in [1.807, 2.05) is 13.8 Å². The molecule has 23 heavy (non-hydrogen) atoms. The van der Waals surface area contributed by atoms with E-state index in [9.17, 15) is 0 Å². The fourth-order valence-electron chi connectivity index (χ4n) is 3.06. The molecule has 0 atom stereocenters. The van der Waals surface area contributed by atoms with Crippen LogP contribution in [0.2, 0.25) is 0 Å². The minimum absolute atomic E-state index is 0. The molecule has 1 fully saturated rings. The lowest BCUT2D eigenvalue weighted by Gasteiger charge is -2.11. The van der Waals surface area contributed by atoms with Gasteiger partial charge < -0.3 is 15.1 Å². The summed E-state index contributed by atoms with van der Waals surface area (Å²) >= 11 is 0. The zero-order valence-corrected chi connectivity index (χ0v) is 17.0. The molecule has 1 aromatic rings. The Balaban J connectivity index is 0.00000264. The lowest BCUT2D eigenvalue weighted by atomic mass is 10.0. The third-order valence-electron chi connectivity index (χ3n) is 4.51. The summed E-state index contributed by atoms with van der Waals surface area (Å²) in [4.78, 5) is 8.59. The minimum atomic E-state index is 0. The molecule has 0 unspecified atom stereocenters. The Kier molecular flexibility index (Phi) is 9.59. The Bertz CT molecular complexity index is 461. The van der Waals surface area contributed by atoms with Gasteiger partial charge in [0.15, 0.2) is 5.96 Å². The fourth-order valence-corrected chi connectivity index (χ4v) is 3.06. The number of hydrogen-bond acceptors (Lipinski definition) is 3. The number of hydrogen-bond donors (Lipinski definition) is 2. The van der Waals surface area contributed by atoms with E-state index in [0.29, 0.717) is 12.4 Å². The molecule has 1 aromatic heterocycles. The third-order valence-corrected chi connectivity index (χ3v) is 4.51. The van der Waals surface area contributed by atoms with Crippen molar-refractivity contribution < 1.29 is 4.42 Å². The quantitative estimate of drug-likeness (QED) is 0.296. The Hall–Kier alpha value is -0.790. The van der Waals surface area contributed by atoms with Gasteiger partial charge in [0.05, 0.1) is 12.2 Å². The molecule has 0 aromatic carbocycles. The van der Waals surface area contributed by atoms with Gasteiger partial charge in [0, 0.05) is 13.6 Å². The van der Waals surface area contributed by atoms with Crippen molar-refractivity contribution >= 4 is 29.9 Å². The van der Waals surface area contributed by atoms with Crippen LogP contribution in [-0.4, -0.2) is 24.5 Å². The maximum atomic E-state index is 5.55. The molecule has 0 bridgehead atoms. The lowest BCUT2D eigenvalue weighted by molar-refractivity contribution is 0.462. The minimum Gasteiger partial charge on any atom is -0.444 e. The Morgan fingerprint density at radius 1 is 1.22 bits per heavy atom. The molecule has 2 rings (SSSR count). The zero-order valence-electron chi connectivity index (χ0n) is 14.7. The number of rotatable bonds is 7. The number of unbranched alkanes of at least 4 members (excludes halogenated alkanes) is 1. The molecule has 0 spiro atoms. The lowest BCUT2D eigenvalue weighted by Crippen LogP contribution is -2.37. The highest BCUT2D eigenvalue weighted by molar-refractivity contribution is 14.0. The van der Waals surface area contributed by atoms with Crippen LogP contribution in [0.3, 0.4) is 0 Å². The number of nitrogens with one attached hydrogen (secondary N) is 2. The van der Waals surface area contributed by atoms with E-state index < -0.39 is 0 Å². The highest BCUT2D eigenvalue weighted by atomic mass is 127. The van der Waals surface area contributed by atoms with E-state index >= 15 is 0 Å². The normalized spacial score (nSPS) is 15.5. The summed E-state index contributed by atoms with van der Waals surface area (Å²) in [7, 11) is 1.79. The average molecular weight is 434 g/mol. The van der Waals surface area contributed by atoms with Gasteiger partial charge in [-0.15, -0.1) is 24.0 Å². The smallest absolute Gasteiger partial charge is 0.214 e. The predicted octanol–water partition coefficient (Wildman–Crippen LogP) is 3.93. The van der Waals surface area contributed by atoms with Crippen molar-refractivity contribution in [2.45, 2.75) is 65.3 Å². The highest BCUT2D eigenvalue weighted by Crippen LogP contribution is 2.28. The van der Waals surface area contributed by atoms with E-state index in [4.69, 9.17) is 4.42 Å². The summed E-state index contributed by atoms with van der Waals surface area (Å²) < 4.78 is 5.55. The van der Waals surface area contributed by atoms with Crippen LogP contribution in [0.4, 0.5) is 0 Å². The zero-order chi connectivity index (χ0) is 15.8. The van der Waals surface area contributed by atoms with Gasteiger partial charge >= 0.3 is 0 Å². The Morgan fingerprint density at radius 2 is 1.96 bits per heavy atom. The maximum Gasteiger partial charge on any atom is 0.214 e. The van der Waals surface area contributed by atoms with Crippen LogP contribution in [-0.2, 0) is 6.54 Å². The first-order chi connectivity index (χ1) is 10.7. The van der Waals surface area contributed by atoms with Gasteiger partial charge in [-0.1, -0.05) is 38.5 Å². The van der Waals surface area contributed by atoms with Crippen LogP contribution < -0.4 is 10.6 Å². The first-order valence-electron chi connectivity index (χ1n) is 8.56. The molecule has 1 aliphatic rings. The SMILES string of the molecule is CN=C(NCCCCC1CCCC1)NCc1nc(C)c(C)o1.I. The van der Waals surface area contributed by atoms with Gasteiger partial charge in [0.2, 0.25) is 5.89 Å². The van der Waals surface area contributed by atoms with Gasteiger partial charge in [0.25, 0.3) is 0 Å². The molecular formula is C17H31IN4O. The summed E-state index contributed by atoms with van der Waals surface area (Å²) in [5.41, 5.74) is 0.951. The molecule has 6 heteroatoms. The third kappa shape index (κ3) is 7.10. The second-order valence-corrected chi connectivity index (χ2v) is 6.25. The predicted molar refractivity (Wildman–Crippen MR) is 105 cm³/mol. The van der Waals surface area contributed by atoms with Crippen LogP contribution in [0.1, 0.15) is 62.3 Å². The van der Waals surface area contributed by atoms with Gasteiger partial charge in [-0.3, -0.25) is 4.99 Å². The van der Waals surface area contributed by atoms with Crippen LogP contribution in [0.5, 0.6) is 0 Å². The summed E-state index contributed by atoms with van der Waals surface area (Å²) in [6.45, 7) is 5.43. The van der Waals surface area contributed by atoms with Crippen LogP contribution >= 0.6 is 24.0 Å². The van der Waals surface area contributed by atoms with E-state index in [2.05, 4.69) is 20.6 Å². The van der Waals surface area contributed by atoms with Crippen molar-refractivity contribution in [1.82, 2.24) is 15.6 Å². The average Bonchev–Trinajstić information content (AvgIpc) is 3.12. The number of aryl methyl sites for hydroxylation is 2. The summed E-state index contributed by atoms with van der Waals surface area (Å²) in [6, 6.07) is 0. The first kappa shape index (κ1) is 20.3. The molecule has 5 nitrogen and oxygen atoms in total. The van der Waals surface area contributed by atoms with Crippen molar-refractivity contribution in [1.29, 1.82) is 0 Å². The number of oxazole rings is 1. The molecule has 0 saturated heterocycles. The van der Waals surface area contributed by atoms with Crippen molar-refractivity contribution in [2.75, 3.05) is 13.6 Å². The van der Waals surface area contributed by atoms with E-state index in [1.54, 1.807) is 7.05 Å². The molecule has 0 aliphatic heterocycles. The number of halogens is 1. The molecule has 1 aliphatic carbocycles. The highest BCUT2D eigenvalue weighted by Gasteiger charge is 2.13. The fraction of sp³-hybridized carbons (Fsp3) is 0.765. The van der Waals surface area contributed by atoms with Crippen LogP contribution in [0.15, 0.2) is 9.41 Å². The van der Waals surface area contributed by atoms with Crippen LogP contribution in [0, 0.1) is 19.8 Å². The molecule has 132 valence electrons. The molecular weight excluding hydrogens is 403 g/mol. The first-order valence-corrected chi connectivity index (χ1v) is 8.56. The van der Waals surface area contributed by atoms with Crippen molar-refractivity contribution in [3.05, 3.63) is 17.3 Å². The number of aliphatic imine (C=N–C) groups is 1. The number of aromatic nitrogens is 1. The topological polar surface area (TPSA) is 62.5 Å². The largest absolute Gasteiger partial charge is 0.444 e. The standard InChI is InChI=1S/C17H30N4O.HI/c1-13-14(2)22-16(21-13)12-20-17(18-3)19-11-7-6-10-15-8-4-5-9-15;/h15H,4-12H2,1-3H3,(H2,18,19,20);1H. The van der Waals surface area contributed by atoms with Gasteiger partial charge in [0.1, 0.15) is 5.76 Å². The number of guanidine groups is 1. The van der Waals surface area contributed by atoms with Gasteiger partial charge in [-0.2, -0.15) is 0 Å². The van der Waals surface area contributed by atoms with Crippen molar-refractivity contribution in [3.8, 4) is 0 Å². The molecule has 0 amide bonds. The summed E-state index contributed by atoms with van der Waals surface area (Å²) in [5.74, 6) is 3.40. The molecule has 1 saturated carbocycles. The Labute approximate surface area is 157 Å².